The van der Waals surface area contributed by atoms with Gasteiger partial charge in [-0.05, 0) is 42.3 Å². The molecule has 8 nitrogen and oxygen atoms in total. The number of nitrogens with zero attached hydrogens (tertiary/aromatic N) is 4. The van der Waals surface area contributed by atoms with Gasteiger partial charge in [0, 0.05) is 51.1 Å². The maximum Gasteiger partial charge on any atom is 0.228 e. The zero-order chi connectivity index (χ0) is 25.1. The number of hydrogen-bond donors (Lipinski definition) is 0. The molecule has 1 unspecified atom stereocenters. The van der Waals surface area contributed by atoms with Crippen LogP contribution in [0, 0.1) is 5.92 Å². The summed E-state index contributed by atoms with van der Waals surface area (Å²) in [7, 11) is 3.22. The molecule has 188 valence electrons. The molecule has 8 heteroatoms. The largest absolute Gasteiger partial charge is 0.493 e. The number of para-hydroxylation sites is 1. The molecule has 3 heterocycles. The van der Waals surface area contributed by atoms with E-state index in [1.54, 1.807) is 14.2 Å². The van der Waals surface area contributed by atoms with Crippen LogP contribution in [0.3, 0.4) is 0 Å². The molecule has 0 N–H and O–H groups in total. The molecule has 3 aromatic rings. The third-order valence-corrected chi connectivity index (χ3v) is 7.18. The van der Waals surface area contributed by atoms with Gasteiger partial charge in [-0.3, -0.25) is 9.59 Å². The number of likely N-dealkylation sites (tertiary alicyclic amines) is 1. The average Bonchev–Trinajstić information content (AvgIpc) is 3.31. The molecule has 36 heavy (non-hydrogen) atoms. The number of benzene rings is 2. The van der Waals surface area contributed by atoms with Crippen LogP contribution in [-0.2, 0) is 16.0 Å². The minimum atomic E-state index is -0.270. The Morgan fingerprint density at radius 1 is 0.972 bits per heavy atom. The van der Waals surface area contributed by atoms with Crippen LogP contribution in [0.5, 0.6) is 11.5 Å². The highest BCUT2D eigenvalue weighted by atomic mass is 16.5. The Kier molecular flexibility index (Phi) is 6.93. The molecule has 0 spiro atoms. The Bertz CT molecular complexity index is 1260. The van der Waals surface area contributed by atoms with Gasteiger partial charge in [-0.2, -0.15) is 0 Å². The smallest absolute Gasteiger partial charge is 0.228 e. The third-order valence-electron chi connectivity index (χ3n) is 7.18. The van der Waals surface area contributed by atoms with Crippen LogP contribution in [0.15, 0.2) is 54.6 Å². The van der Waals surface area contributed by atoms with E-state index in [9.17, 15) is 9.59 Å². The molecule has 2 aliphatic heterocycles. The summed E-state index contributed by atoms with van der Waals surface area (Å²) in [5, 5.41) is 1.12. The molecule has 2 saturated heterocycles. The first kappa shape index (κ1) is 23.9. The molecule has 1 atom stereocenters. The first-order valence-corrected chi connectivity index (χ1v) is 12.4. The van der Waals surface area contributed by atoms with Gasteiger partial charge in [0.2, 0.25) is 11.8 Å². The number of fused-ring (bicyclic) bond motifs is 1. The van der Waals surface area contributed by atoms with Crippen molar-refractivity contribution in [1.29, 1.82) is 0 Å². The van der Waals surface area contributed by atoms with Gasteiger partial charge in [-0.15, -0.1) is 0 Å². The topological polar surface area (TPSA) is 75.2 Å². The van der Waals surface area contributed by atoms with E-state index in [1.165, 1.54) is 0 Å². The van der Waals surface area contributed by atoms with E-state index in [0.717, 1.165) is 35.4 Å². The number of carbonyl (C=O) groups excluding carboxylic acids is 2. The quantitative estimate of drug-likeness (QED) is 0.509. The van der Waals surface area contributed by atoms with E-state index in [-0.39, 0.29) is 24.2 Å². The molecule has 0 saturated carbocycles. The van der Waals surface area contributed by atoms with Crippen molar-refractivity contribution in [3.63, 3.8) is 0 Å². The monoisotopic (exact) mass is 488 g/mol. The van der Waals surface area contributed by atoms with Gasteiger partial charge in [-0.1, -0.05) is 24.3 Å². The number of anilines is 1. The Balaban J connectivity index is 1.14. The number of aromatic nitrogens is 1. The summed E-state index contributed by atoms with van der Waals surface area (Å²) < 4.78 is 10.7. The molecule has 0 bridgehead atoms. The number of hydrogen-bond acceptors (Lipinski definition) is 6. The molecule has 0 radical (unpaired) electrons. The molecule has 2 fully saturated rings. The Morgan fingerprint density at radius 2 is 1.75 bits per heavy atom. The van der Waals surface area contributed by atoms with Crippen LogP contribution in [0.1, 0.15) is 12.0 Å². The van der Waals surface area contributed by atoms with Crippen LogP contribution in [-0.4, -0.2) is 80.1 Å². The van der Waals surface area contributed by atoms with Gasteiger partial charge in [-0.25, -0.2) is 4.98 Å². The highest BCUT2D eigenvalue weighted by molar-refractivity contribution is 5.89. The lowest BCUT2D eigenvalue weighted by Crippen LogP contribution is -2.51. The molecule has 0 aliphatic carbocycles. The Hall–Kier alpha value is -3.81. The van der Waals surface area contributed by atoms with Gasteiger partial charge in [0.05, 0.1) is 25.7 Å². The van der Waals surface area contributed by atoms with Gasteiger partial charge >= 0.3 is 0 Å². The number of methoxy groups -OCH3 is 2. The number of amides is 2. The van der Waals surface area contributed by atoms with Crippen LogP contribution < -0.4 is 14.4 Å². The molecular weight excluding hydrogens is 456 g/mol. The second kappa shape index (κ2) is 10.4. The SMILES string of the molecule is COc1ccc(CCN2CC(C(=O)N3CCN(c4ccc5ccccc5n4)CC3)CC2=O)cc1OC. The van der Waals surface area contributed by atoms with Crippen molar-refractivity contribution in [1.82, 2.24) is 14.8 Å². The van der Waals surface area contributed by atoms with Crippen LogP contribution in [0.2, 0.25) is 0 Å². The normalized spacial score (nSPS) is 18.1. The van der Waals surface area contributed by atoms with Gasteiger partial charge in [0.25, 0.3) is 0 Å². The lowest BCUT2D eigenvalue weighted by Gasteiger charge is -2.36. The van der Waals surface area contributed by atoms with Crippen molar-refractivity contribution in [3.8, 4) is 11.5 Å². The summed E-state index contributed by atoms with van der Waals surface area (Å²) in [6.07, 6.45) is 0.988. The number of carbonyl (C=O) groups is 2. The van der Waals surface area contributed by atoms with Crippen molar-refractivity contribution in [2.45, 2.75) is 12.8 Å². The van der Waals surface area contributed by atoms with E-state index in [4.69, 9.17) is 14.5 Å². The maximum absolute atomic E-state index is 13.2. The number of rotatable bonds is 7. The lowest BCUT2D eigenvalue weighted by atomic mass is 10.1. The van der Waals surface area contributed by atoms with E-state index in [1.807, 2.05) is 52.3 Å². The number of piperazine rings is 1. The minimum Gasteiger partial charge on any atom is -0.493 e. The van der Waals surface area contributed by atoms with E-state index in [2.05, 4.69) is 17.0 Å². The van der Waals surface area contributed by atoms with Crippen molar-refractivity contribution in [2.75, 3.05) is 58.4 Å². The lowest BCUT2D eigenvalue weighted by molar-refractivity contribution is -0.136. The van der Waals surface area contributed by atoms with E-state index < -0.39 is 0 Å². The third kappa shape index (κ3) is 4.94. The number of pyridine rings is 1. The van der Waals surface area contributed by atoms with Crippen molar-refractivity contribution in [2.24, 2.45) is 5.92 Å². The number of ether oxygens (including phenoxy) is 2. The summed E-state index contributed by atoms with van der Waals surface area (Å²) >= 11 is 0. The van der Waals surface area contributed by atoms with Crippen molar-refractivity contribution < 1.29 is 19.1 Å². The highest BCUT2D eigenvalue weighted by Crippen LogP contribution is 2.28. The minimum absolute atomic E-state index is 0.0489. The van der Waals surface area contributed by atoms with Crippen molar-refractivity contribution >= 4 is 28.5 Å². The molecule has 2 aliphatic rings. The second-order valence-corrected chi connectivity index (χ2v) is 9.35. The second-order valence-electron chi connectivity index (χ2n) is 9.35. The fraction of sp³-hybridized carbons (Fsp3) is 0.393. The zero-order valence-electron chi connectivity index (χ0n) is 20.9. The van der Waals surface area contributed by atoms with Crippen molar-refractivity contribution in [3.05, 3.63) is 60.2 Å². The molecule has 1 aromatic heterocycles. The molecular formula is C28H32N4O4. The average molecular weight is 489 g/mol. The molecule has 5 rings (SSSR count). The van der Waals surface area contributed by atoms with Gasteiger partial charge in [0.1, 0.15) is 5.82 Å². The van der Waals surface area contributed by atoms with Crippen LogP contribution >= 0.6 is 0 Å². The summed E-state index contributed by atoms with van der Waals surface area (Å²) in [4.78, 5) is 36.6. The highest BCUT2D eigenvalue weighted by Gasteiger charge is 2.37. The Labute approximate surface area is 211 Å². The molecule has 2 aromatic carbocycles. The van der Waals surface area contributed by atoms with E-state index in [0.29, 0.717) is 44.1 Å². The zero-order valence-corrected chi connectivity index (χ0v) is 20.9. The standard InChI is InChI=1S/C28H32N4O4/c1-35-24-9-7-20(17-25(24)36-2)11-12-32-19-22(18-27(32)33)28(34)31-15-13-30(14-16-31)26-10-8-21-5-3-4-6-23(21)29-26/h3-10,17,22H,11-16,18-19H2,1-2H3. The summed E-state index contributed by atoms with van der Waals surface area (Å²) in [5.74, 6) is 2.16. The van der Waals surface area contributed by atoms with Gasteiger partial charge in [0.15, 0.2) is 11.5 Å². The van der Waals surface area contributed by atoms with Gasteiger partial charge < -0.3 is 24.2 Å². The Morgan fingerprint density at radius 3 is 2.53 bits per heavy atom. The fourth-order valence-corrected chi connectivity index (χ4v) is 5.10. The summed E-state index contributed by atoms with van der Waals surface area (Å²) in [5.41, 5.74) is 2.04. The first-order valence-electron chi connectivity index (χ1n) is 12.4. The maximum atomic E-state index is 13.2. The van der Waals surface area contributed by atoms with Crippen LogP contribution in [0.4, 0.5) is 5.82 Å². The predicted octanol–water partition coefficient (Wildman–Crippen LogP) is 2.99. The first-order chi connectivity index (χ1) is 17.6. The van der Waals surface area contributed by atoms with Crippen LogP contribution in [0.25, 0.3) is 10.9 Å². The summed E-state index contributed by atoms with van der Waals surface area (Å²) in [6, 6.07) is 18.0. The van der Waals surface area contributed by atoms with E-state index >= 15 is 0 Å². The predicted molar refractivity (Wildman–Crippen MR) is 138 cm³/mol. The molecule has 2 amide bonds. The summed E-state index contributed by atoms with van der Waals surface area (Å²) in [6.45, 7) is 3.83. The fourth-order valence-electron chi connectivity index (χ4n) is 5.10.